The van der Waals surface area contributed by atoms with E-state index in [9.17, 15) is 4.39 Å². The number of nitrogens with two attached hydrogens (primary N) is 1. The standard InChI is InChI=1S/C12H12BrClFN3/c1-6-11(14)7(2)18(17-6)9-4-3-8(5-16)10(13)12(9)15/h3-4H,5,16H2,1-2H3. The molecule has 2 N–H and O–H groups in total. The summed E-state index contributed by atoms with van der Waals surface area (Å²) in [6, 6.07) is 3.42. The van der Waals surface area contributed by atoms with Crippen LogP contribution in [0.1, 0.15) is 17.0 Å². The van der Waals surface area contributed by atoms with E-state index in [-0.39, 0.29) is 12.4 Å². The topological polar surface area (TPSA) is 43.8 Å². The van der Waals surface area contributed by atoms with Gasteiger partial charge in [-0.15, -0.1) is 0 Å². The van der Waals surface area contributed by atoms with E-state index in [4.69, 9.17) is 17.3 Å². The number of rotatable bonds is 2. The highest BCUT2D eigenvalue weighted by Gasteiger charge is 2.16. The molecule has 0 atom stereocenters. The van der Waals surface area contributed by atoms with Crippen LogP contribution >= 0.6 is 27.5 Å². The van der Waals surface area contributed by atoms with Crippen LogP contribution < -0.4 is 5.73 Å². The van der Waals surface area contributed by atoms with E-state index in [2.05, 4.69) is 21.0 Å². The van der Waals surface area contributed by atoms with Gasteiger partial charge in [-0.2, -0.15) is 5.10 Å². The van der Waals surface area contributed by atoms with Crippen molar-refractivity contribution in [2.24, 2.45) is 5.73 Å². The van der Waals surface area contributed by atoms with Crippen molar-refractivity contribution >= 4 is 27.5 Å². The van der Waals surface area contributed by atoms with Crippen molar-refractivity contribution in [1.82, 2.24) is 9.78 Å². The van der Waals surface area contributed by atoms with Gasteiger partial charge < -0.3 is 5.73 Å². The lowest BCUT2D eigenvalue weighted by Crippen LogP contribution is -2.06. The lowest BCUT2D eigenvalue weighted by Gasteiger charge is -2.10. The summed E-state index contributed by atoms with van der Waals surface area (Å²) in [6.07, 6.45) is 0. The number of halogens is 3. The molecule has 0 aliphatic carbocycles. The maximum Gasteiger partial charge on any atom is 0.163 e. The van der Waals surface area contributed by atoms with E-state index in [1.807, 2.05) is 0 Å². The Balaban J connectivity index is 2.65. The molecule has 0 amide bonds. The number of hydrogen-bond acceptors (Lipinski definition) is 2. The van der Waals surface area contributed by atoms with Crippen LogP contribution in [0.5, 0.6) is 0 Å². The second-order valence-electron chi connectivity index (χ2n) is 3.97. The predicted octanol–water partition coefficient (Wildman–Crippen LogP) is 3.50. The Hall–Kier alpha value is -0.910. The highest BCUT2D eigenvalue weighted by atomic mass is 79.9. The van der Waals surface area contributed by atoms with Crippen molar-refractivity contribution in [3.63, 3.8) is 0 Å². The van der Waals surface area contributed by atoms with E-state index in [0.29, 0.717) is 32.1 Å². The molecule has 96 valence electrons. The van der Waals surface area contributed by atoms with Gasteiger partial charge in [0.05, 0.1) is 20.9 Å². The zero-order valence-corrected chi connectivity index (χ0v) is 12.3. The van der Waals surface area contributed by atoms with Gasteiger partial charge >= 0.3 is 0 Å². The number of benzene rings is 1. The molecule has 2 rings (SSSR count). The summed E-state index contributed by atoms with van der Waals surface area (Å²) in [5, 5.41) is 4.78. The molecule has 6 heteroatoms. The van der Waals surface area contributed by atoms with Crippen molar-refractivity contribution in [1.29, 1.82) is 0 Å². The van der Waals surface area contributed by atoms with Gasteiger partial charge in [0.1, 0.15) is 5.69 Å². The van der Waals surface area contributed by atoms with Crippen LogP contribution in [0.3, 0.4) is 0 Å². The van der Waals surface area contributed by atoms with Crippen LogP contribution in [0, 0.1) is 19.7 Å². The Morgan fingerprint density at radius 2 is 2.11 bits per heavy atom. The van der Waals surface area contributed by atoms with Crippen molar-refractivity contribution in [3.05, 3.63) is 44.4 Å². The van der Waals surface area contributed by atoms with Crippen LogP contribution in [0.4, 0.5) is 4.39 Å². The molecular formula is C12H12BrClFN3. The number of nitrogens with zero attached hydrogens (tertiary/aromatic N) is 2. The maximum atomic E-state index is 14.2. The largest absolute Gasteiger partial charge is 0.326 e. The first-order chi connectivity index (χ1) is 8.47. The molecule has 0 spiro atoms. The van der Waals surface area contributed by atoms with Crippen LogP contribution in [0.2, 0.25) is 5.02 Å². The van der Waals surface area contributed by atoms with Gasteiger partial charge in [0.15, 0.2) is 5.82 Å². The molecule has 0 saturated heterocycles. The fourth-order valence-corrected chi connectivity index (χ4v) is 2.37. The summed E-state index contributed by atoms with van der Waals surface area (Å²) in [7, 11) is 0. The molecule has 1 heterocycles. The molecule has 1 aromatic heterocycles. The Labute approximate surface area is 118 Å². The highest BCUT2D eigenvalue weighted by Crippen LogP contribution is 2.29. The van der Waals surface area contributed by atoms with E-state index < -0.39 is 0 Å². The molecule has 2 aromatic rings. The third-order valence-electron chi connectivity index (χ3n) is 2.79. The minimum absolute atomic E-state index is 0.273. The smallest absolute Gasteiger partial charge is 0.163 e. The van der Waals surface area contributed by atoms with Gasteiger partial charge in [-0.3, -0.25) is 0 Å². The fourth-order valence-electron chi connectivity index (χ4n) is 1.76. The minimum Gasteiger partial charge on any atom is -0.326 e. The molecule has 0 saturated carbocycles. The van der Waals surface area contributed by atoms with Gasteiger partial charge in [0.2, 0.25) is 0 Å². The van der Waals surface area contributed by atoms with Crippen LogP contribution in [0.25, 0.3) is 5.69 Å². The molecule has 3 nitrogen and oxygen atoms in total. The Bertz CT molecular complexity index is 610. The summed E-state index contributed by atoms with van der Waals surface area (Å²) in [4.78, 5) is 0. The maximum absolute atomic E-state index is 14.2. The van der Waals surface area contributed by atoms with Crippen molar-refractivity contribution < 1.29 is 4.39 Å². The van der Waals surface area contributed by atoms with E-state index >= 15 is 0 Å². The average molecular weight is 333 g/mol. The third-order valence-corrected chi connectivity index (χ3v) is 4.20. The first-order valence-corrected chi connectivity index (χ1v) is 6.53. The highest BCUT2D eigenvalue weighted by molar-refractivity contribution is 9.10. The van der Waals surface area contributed by atoms with Gasteiger partial charge in [-0.05, 0) is 41.4 Å². The van der Waals surface area contributed by atoms with Gasteiger partial charge in [0.25, 0.3) is 0 Å². The van der Waals surface area contributed by atoms with E-state index in [0.717, 1.165) is 0 Å². The van der Waals surface area contributed by atoms with Gasteiger partial charge in [0, 0.05) is 6.54 Å². The SMILES string of the molecule is Cc1nn(-c2ccc(CN)c(Br)c2F)c(C)c1Cl. The first-order valence-electron chi connectivity index (χ1n) is 5.36. The second-order valence-corrected chi connectivity index (χ2v) is 5.14. The van der Waals surface area contributed by atoms with Crippen molar-refractivity contribution in [3.8, 4) is 5.69 Å². The first kappa shape index (κ1) is 13.5. The fraction of sp³-hybridized carbons (Fsp3) is 0.250. The Kier molecular flexibility index (Phi) is 3.75. The summed E-state index contributed by atoms with van der Waals surface area (Å²) < 4.78 is 16.1. The van der Waals surface area contributed by atoms with Crippen molar-refractivity contribution in [2.45, 2.75) is 20.4 Å². The molecule has 0 aliphatic heterocycles. The monoisotopic (exact) mass is 331 g/mol. The van der Waals surface area contributed by atoms with Crippen LogP contribution in [0.15, 0.2) is 16.6 Å². The summed E-state index contributed by atoms with van der Waals surface area (Å²) >= 11 is 9.27. The summed E-state index contributed by atoms with van der Waals surface area (Å²) in [6.45, 7) is 3.86. The number of aromatic nitrogens is 2. The minimum atomic E-state index is -0.389. The third kappa shape index (κ3) is 2.06. The van der Waals surface area contributed by atoms with Gasteiger partial charge in [-0.1, -0.05) is 17.7 Å². The molecular weight excluding hydrogens is 321 g/mol. The number of aryl methyl sites for hydroxylation is 1. The zero-order valence-electron chi connectivity index (χ0n) is 9.97. The molecule has 18 heavy (non-hydrogen) atoms. The Morgan fingerprint density at radius 3 is 2.61 bits per heavy atom. The normalized spacial score (nSPS) is 11.0. The lowest BCUT2D eigenvalue weighted by atomic mass is 10.2. The van der Waals surface area contributed by atoms with E-state index in [1.165, 1.54) is 4.68 Å². The quantitative estimate of drug-likeness (QED) is 0.914. The number of hydrogen-bond donors (Lipinski definition) is 1. The Morgan fingerprint density at radius 1 is 1.44 bits per heavy atom. The summed E-state index contributed by atoms with van der Waals surface area (Å²) in [5.74, 6) is -0.389. The molecule has 0 radical (unpaired) electrons. The second kappa shape index (κ2) is 4.99. The van der Waals surface area contributed by atoms with Gasteiger partial charge in [-0.25, -0.2) is 9.07 Å². The molecule has 1 aromatic carbocycles. The predicted molar refractivity (Wildman–Crippen MR) is 73.6 cm³/mol. The molecule has 0 aliphatic rings. The van der Waals surface area contributed by atoms with E-state index in [1.54, 1.807) is 26.0 Å². The van der Waals surface area contributed by atoms with Crippen molar-refractivity contribution in [2.75, 3.05) is 0 Å². The molecule has 0 bridgehead atoms. The molecule has 0 unspecified atom stereocenters. The van der Waals surface area contributed by atoms with Crippen LogP contribution in [-0.2, 0) is 6.54 Å². The molecule has 0 fully saturated rings. The lowest BCUT2D eigenvalue weighted by molar-refractivity contribution is 0.599. The summed E-state index contributed by atoms with van der Waals surface area (Å²) in [5.41, 5.74) is 7.97. The zero-order chi connectivity index (χ0) is 13.4. The van der Waals surface area contributed by atoms with Crippen LogP contribution in [-0.4, -0.2) is 9.78 Å². The average Bonchev–Trinajstić information content (AvgIpc) is 2.60.